The summed E-state index contributed by atoms with van der Waals surface area (Å²) in [7, 11) is 1.51. The maximum absolute atomic E-state index is 11.7. The first-order valence-corrected chi connectivity index (χ1v) is 5.50. The van der Waals surface area contributed by atoms with E-state index < -0.39 is 5.91 Å². The summed E-state index contributed by atoms with van der Waals surface area (Å²) in [6, 6.07) is 0. The molecule has 0 aliphatic rings. The molecule has 0 spiro atoms. The number of rotatable bonds is 7. The molecule has 98 valence electrons. The third-order valence-electron chi connectivity index (χ3n) is 2.08. The highest BCUT2D eigenvalue weighted by Crippen LogP contribution is 1.92. The minimum absolute atomic E-state index is 0.00166. The average Bonchev–Trinajstić information content (AvgIpc) is 2.34. The Morgan fingerprint density at radius 2 is 1.88 bits per heavy atom. The molecule has 0 fully saturated rings. The number of nitrogens with two attached hydrogens (primary N) is 1. The Morgan fingerprint density at radius 1 is 1.24 bits per heavy atom. The van der Waals surface area contributed by atoms with Gasteiger partial charge in [-0.05, 0) is 6.42 Å². The van der Waals surface area contributed by atoms with Gasteiger partial charge in [0.25, 0.3) is 0 Å². The van der Waals surface area contributed by atoms with Crippen LogP contribution >= 0.6 is 0 Å². The van der Waals surface area contributed by atoms with E-state index >= 15 is 0 Å². The second-order valence-electron chi connectivity index (χ2n) is 3.47. The molecule has 0 unspecified atom stereocenters. The SMILES string of the molecule is CCCN(CC(=O)NC)C(=O)CNC(=O)CN. The van der Waals surface area contributed by atoms with E-state index in [4.69, 9.17) is 5.73 Å². The van der Waals surface area contributed by atoms with Gasteiger partial charge >= 0.3 is 0 Å². The molecule has 3 amide bonds. The normalized spacial score (nSPS) is 9.59. The van der Waals surface area contributed by atoms with Gasteiger partial charge in [0, 0.05) is 13.6 Å². The van der Waals surface area contributed by atoms with E-state index in [1.807, 2.05) is 6.92 Å². The quantitative estimate of drug-likeness (QED) is 0.484. The van der Waals surface area contributed by atoms with Gasteiger partial charge < -0.3 is 21.3 Å². The van der Waals surface area contributed by atoms with Crippen molar-refractivity contribution >= 4 is 17.7 Å². The topological polar surface area (TPSA) is 105 Å². The van der Waals surface area contributed by atoms with E-state index in [0.29, 0.717) is 6.54 Å². The van der Waals surface area contributed by atoms with Crippen LogP contribution in [0, 0.1) is 0 Å². The summed E-state index contributed by atoms with van der Waals surface area (Å²) in [6.45, 7) is 2.10. The lowest BCUT2D eigenvalue weighted by molar-refractivity contribution is -0.136. The molecule has 17 heavy (non-hydrogen) atoms. The zero-order chi connectivity index (χ0) is 13.3. The van der Waals surface area contributed by atoms with Crippen LogP contribution < -0.4 is 16.4 Å². The third-order valence-corrected chi connectivity index (χ3v) is 2.08. The first kappa shape index (κ1) is 15.4. The van der Waals surface area contributed by atoms with Gasteiger partial charge in [-0.25, -0.2) is 0 Å². The lowest BCUT2D eigenvalue weighted by Gasteiger charge is -2.21. The number of hydrogen-bond acceptors (Lipinski definition) is 4. The van der Waals surface area contributed by atoms with Crippen LogP contribution in [0.5, 0.6) is 0 Å². The lowest BCUT2D eigenvalue weighted by atomic mass is 10.3. The van der Waals surface area contributed by atoms with Gasteiger partial charge in [-0.3, -0.25) is 14.4 Å². The van der Waals surface area contributed by atoms with Crippen molar-refractivity contribution in [3.63, 3.8) is 0 Å². The molecular weight excluding hydrogens is 224 g/mol. The molecule has 0 radical (unpaired) electrons. The minimum atomic E-state index is -0.394. The molecule has 0 saturated heterocycles. The smallest absolute Gasteiger partial charge is 0.242 e. The summed E-state index contributed by atoms with van der Waals surface area (Å²) in [6.07, 6.45) is 0.744. The van der Waals surface area contributed by atoms with Crippen molar-refractivity contribution in [2.24, 2.45) is 5.73 Å². The molecule has 0 rings (SSSR count). The maximum atomic E-state index is 11.7. The lowest BCUT2D eigenvalue weighted by Crippen LogP contribution is -2.45. The highest BCUT2D eigenvalue weighted by Gasteiger charge is 2.15. The minimum Gasteiger partial charge on any atom is -0.358 e. The second kappa shape index (κ2) is 8.51. The summed E-state index contributed by atoms with van der Waals surface area (Å²) < 4.78 is 0. The maximum Gasteiger partial charge on any atom is 0.242 e. The summed E-state index contributed by atoms with van der Waals surface area (Å²) in [5.74, 6) is -0.927. The highest BCUT2D eigenvalue weighted by atomic mass is 16.2. The molecule has 0 aliphatic heterocycles. The first-order valence-electron chi connectivity index (χ1n) is 5.50. The zero-order valence-electron chi connectivity index (χ0n) is 10.3. The fourth-order valence-corrected chi connectivity index (χ4v) is 1.17. The van der Waals surface area contributed by atoms with Crippen LogP contribution in [0.4, 0.5) is 0 Å². The second-order valence-corrected chi connectivity index (χ2v) is 3.47. The van der Waals surface area contributed by atoms with E-state index in [9.17, 15) is 14.4 Å². The number of carbonyl (C=O) groups excluding carboxylic acids is 3. The van der Waals surface area contributed by atoms with Gasteiger partial charge in [-0.1, -0.05) is 6.92 Å². The summed E-state index contributed by atoms with van der Waals surface area (Å²) in [5.41, 5.74) is 5.09. The number of nitrogens with zero attached hydrogens (tertiary/aromatic N) is 1. The molecule has 0 aromatic carbocycles. The Morgan fingerprint density at radius 3 is 2.35 bits per heavy atom. The van der Waals surface area contributed by atoms with Crippen molar-refractivity contribution in [1.29, 1.82) is 0 Å². The van der Waals surface area contributed by atoms with E-state index in [0.717, 1.165) is 6.42 Å². The molecule has 0 saturated carbocycles. The van der Waals surface area contributed by atoms with E-state index in [-0.39, 0.29) is 31.4 Å². The van der Waals surface area contributed by atoms with Crippen molar-refractivity contribution in [3.05, 3.63) is 0 Å². The number of carbonyl (C=O) groups is 3. The summed E-state index contributed by atoms with van der Waals surface area (Å²) in [4.78, 5) is 35.2. The van der Waals surface area contributed by atoms with Crippen molar-refractivity contribution in [2.75, 3.05) is 33.2 Å². The summed E-state index contributed by atoms with van der Waals surface area (Å²) >= 11 is 0. The third kappa shape index (κ3) is 6.52. The number of nitrogens with one attached hydrogen (secondary N) is 2. The Kier molecular flexibility index (Phi) is 7.70. The van der Waals surface area contributed by atoms with Gasteiger partial charge in [0.15, 0.2) is 0 Å². The van der Waals surface area contributed by atoms with E-state index in [2.05, 4.69) is 10.6 Å². The fourth-order valence-electron chi connectivity index (χ4n) is 1.17. The van der Waals surface area contributed by atoms with E-state index in [1.165, 1.54) is 11.9 Å². The van der Waals surface area contributed by atoms with Gasteiger partial charge in [0.2, 0.25) is 17.7 Å². The van der Waals surface area contributed by atoms with Crippen LogP contribution in [-0.4, -0.2) is 55.8 Å². The first-order chi connectivity index (χ1) is 8.04. The molecular formula is C10H20N4O3. The zero-order valence-corrected chi connectivity index (χ0v) is 10.3. The monoisotopic (exact) mass is 244 g/mol. The molecule has 0 atom stereocenters. The highest BCUT2D eigenvalue weighted by molar-refractivity contribution is 5.88. The average molecular weight is 244 g/mol. The largest absolute Gasteiger partial charge is 0.358 e. The Balaban J connectivity index is 4.23. The molecule has 0 aromatic rings. The van der Waals surface area contributed by atoms with Crippen LogP contribution in [0.15, 0.2) is 0 Å². The standard InChI is InChI=1S/C10H20N4O3/c1-3-4-14(7-9(16)12-2)10(17)6-13-8(15)5-11/h3-7,11H2,1-2H3,(H,12,16)(H,13,15). The number of likely N-dealkylation sites (N-methyl/N-ethyl adjacent to an activating group) is 1. The number of amides is 3. The van der Waals surface area contributed by atoms with Crippen LogP contribution in [0.25, 0.3) is 0 Å². The Labute approximate surface area is 101 Å². The van der Waals surface area contributed by atoms with E-state index in [1.54, 1.807) is 0 Å². The van der Waals surface area contributed by atoms with Crippen molar-refractivity contribution in [2.45, 2.75) is 13.3 Å². The van der Waals surface area contributed by atoms with Gasteiger partial charge in [-0.2, -0.15) is 0 Å². The van der Waals surface area contributed by atoms with Crippen molar-refractivity contribution in [1.82, 2.24) is 15.5 Å². The Bertz CT molecular complexity index is 281. The molecule has 7 heteroatoms. The predicted molar refractivity (Wildman–Crippen MR) is 63.0 cm³/mol. The number of hydrogen-bond donors (Lipinski definition) is 3. The molecule has 0 heterocycles. The van der Waals surface area contributed by atoms with Crippen LogP contribution in [-0.2, 0) is 14.4 Å². The van der Waals surface area contributed by atoms with Gasteiger partial charge in [0.1, 0.15) is 0 Å². The van der Waals surface area contributed by atoms with Crippen molar-refractivity contribution in [3.8, 4) is 0 Å². The fraction of sp³-hybridized carbons (Fsp3) is 0.700. The van der Waals surface area contributed by atoms with Crippen LogP contribution in [0.2, 0.25) is 0 Å². The van der Waals surface area contributed by atoms with Gasteiger partial charge in [0.05, 0.1) is 19.6 Å². The van der Waals surface area contributed by atoms with Crippen LogP contribution in [0.1, 0.15) is 13.3 Å². The molecule has 0 bridgehead atoms. The van der Waals surface area contributed by atoms with Crippen LogP contribution in [0.3, 0.4) is 0 Å². The molecule has 7 nitrogen and oxygen atoms in total. The van der Waals surface area contributed by atoms with Crippen molar-refractivity contribution < 1.29 is 14.4 Å². The molecule has 0 aliphatic carbocycles. The molecule has 0 aromatic heterocycles. The molecule has 4 N–H and O–H groups in total. The summed E-state index contributed by atoms with van der Waals surface area (Å²) in [5, 5.41) is 4.82. The Hall–Kier alpha value is -1.63. The predicted octanol–water partition coefficient (Wildman–Crippen LogP) is -1.95. The van der Waals surface area contributed by atoms with Gasteiger partial charge in [-0.15, -0.1) is 0 Å².